The summed E-state index contributed by atoms with van der Waals surface area (Å²) in [5.74, 6) is 0. The van der Waals surface area contributed by atoms with Crippen LogP contribution in [0.5, 0.6) is 0 Å². The van der Waals surface area contributed by atoms with Gasteiger partial charge in [0.05, 0.1) is 0 Å². The van der Waals surface area contributed by atoms with Crippen LogP contribution in [0.25, 0.3) is 0 Å². The van der Waals surface area contributed by atoms with E-state index in [0.717, 1.165) is 0 Å². The van der Waals surface area contributed by atoms with E-state index >= 15 is 0 Å². The minimum absolute atomic E-state index is 0. The zero-order valence-electron chi connectivity index (χ0n) is 0.354. The average molecular weight is 359 g/mol. The fraction of sp³-hybridized carbons (Fsp3) is 0. The predicted molar refractivity (Wildman–Crippen MR) is 37.0 cm³/mol. The second kappa shape index (κ2) is 23.0. The molecule has 0 heterocycles. The Bertz CT molecular complexity index is 11.6. The third-order valence-electron chi connectivity index (χ3n) is 0. The summed E-state index contributed by atoms with van der Waals surface area (Å²) < 4.78 is 0. The Morgan fingerprint density at radius 1 is 1.00 bits per heavy atom. The van der Waals surface area contributed by atoms with Gasteiger partial charge in [0.15, 0.2) is 0 Å². The molecular weight excluding hydrogens is 349 g/mol. The molecular formula is H10BaCaFeSiSr. The molecule has 0 N–H and O–H groups in total. The van der Waals surface area contributed by atoms with Crippen molar-refractivity contribution in [2.45, 2.75) is 0 Å². The molecule has 0 spiro atoms. The molecule has 28 valence electrons. The van der Waals surface area contributed by atoms with Crippen LogP contribution in [0.2, 0.25) is 0 Å². The molecule has 0 aromatic carbocycles. The van der Waals surface area contributed by atoms with Crippen molar-refractivity contribution >= 4 is 143 Å². The fourth-order valence-corrected chi connectivity index (χ4v) is 0. The van der Waals surface area contributed by atoms with Crippen LogP contribution in [0.4, 0.5) is 0 Å². The molecule has 0 atom stereocenters. The van der Waals surface area contributed by atoms with Crippen molar-refractivity contribution in [3.63, 3.8) is 0 Å². The molecule has 0 aliphatic heterocycles. The first-order valence-electron chi connectivity index (χ1n) is 0. The van der Waals surface area contributed by atoms with Crippen LogP contribution >= 0.6 is 0 Å². The van der Waals surface area contributed by atoms with Gasteiger partial charge in [0.1, 0.15) is 0 Å². The maximum absolute atomic E-state index is 0. The van der Waals surface area contributed by atoms with Gasteiger partial charge in [-0.3, -0.25) is 0 Å². The second-order valence-electron chi connectivity index (χ2n) is 0. The van der Waals surface area contributed by atoms with Gasteiger partial charge in [0.25, 0.3) is 0 Å². The summed E-state index contributed by atoms with van der Waals surface area (Å²) in [6.45, 7) is 0. The van der Waals surface area contributed by atoms with Crippen molar-refractivity contribution < 1.29 is 17.1 Å². The molecule has 0 saturated heterocycles. The number of hydrogen-bond donors (Lipinski definition) is 0. The van der Waals surface area contributed by atoms with Crippen LogP contribution in [0.1, 0.15) is 0 Å². The number of rotatable bonds is 0. The van der Waals surface area contributed by atoms with Crippen molar-refractivity contribution in [2.24, 2.45) is 0 Å². The number of hydrogen-bond acceptors (Lipinski definition) is 0. The Morgan fingerprint density at radius 2 is 1.00 bits per heavy atom. The molecule has 0 bridgehead atoms. The maximum atomic E-state index is 0. The Kier molecular flexibility index (Phi) is 148. The Hall–Kier alpha value is 5.05. The molecule has 0 fully saturated rings. The first kappa shape index (κ1) is 32.3. The molecule has 0 radical (unpaired) electrons. The van der Waals surface area contributed by atoms with E-state index in [1.54, 1.807) is 0 Å². The molecule has 0 saturated carbocycles. The molecule has 5 heteroatoms. The van der Waals surface area contributed by atoms with E-state index < -0.39 is 0 Å². The van der Waals surface area contributed by atoms with Crippen molar-refractivity contribution in [1.82, 2.24) is 0 Å². The third-order valence-corrected chi connectivity index (χ3v) is 0. The van der Waals surface area contributed by atoms with E-state index in [4.69, 9.17) is 0 Å². The second-order valence-corrected chi connectivity index (χ2v) is 0. The van der Waals surface area contributed by atoms with Crippen LogP contribution in [0.3, 0.4) is 0 Å². The van der Waals surface area contributed by atoms with Crippen molar-refractivity contribution in [2.75, 3.05) is 0 Å². The minimum atomic E-state index is 0. The van der Waals surface area contributed by atoms with Gasteiger partial charge in [-0.25, -0.2) is 0 Å². The van der Waals surface area contributed by atoms with E-state index in [-0.39, 0.29) is 160 Å². The predicted octanol–water partition coefficient (Wildman–Crippen LogP) is -4.20. The molecule has 0 aliphatic rings. The summed E-state index contributed by atoms with van der Waals surface area (Å²) in [6, 6.07) is 0. The molecule has 0 rings (SSSR count). The van der Waals surface area contributed by atoms with Crippen molar-refractivity contribution in [3.8, 4) is 0 Å². The zero-order chi connectivity index (χ0) is 0. The Labute approximate surface area is 155 Å². The molecule has 0 aromatic heterocycles. The van der Waals surface area contributed by atoms with Crippen LogP contribution in [-0.4, -0.2) is 143 Å². The van der Waals surface area contributed by atoms with Crippen LogP contribution in [-0.2, 0) is 17.1 Å². The Balaban J connectivity index is 0. The first-order valence-corrected chi connectivity index (χ1v) is 0. The molecule has 0 nitrogen and oxygen atoms in total. The first-order chi connectivity index (χ1) is 0. The monoisotopic (exact) mass is 360 g/mol. The quantitative estimate of drug-likeness (QED) is 0.385. The van der Waals surface area contributed by atoms with Gasteiger partial charge in [-0.15, -0.1) is 0 Å². The van der Waals surface area contributed by atoms with E-state index in [2.05, 4.69) is 0 Å². The molecule has 0 amide bonds. The van der Waals surface area contributed by atoms with Crippen molar-refractivity contribution in [3.05, 3.63) is 0 Å². The van der Waals surface area contributed by atoms with Crippen molar-refractivity contribution in [1.29, 1.82) is 0 Å². The standard InChI is InChI=1S/Ba.Ca.Fe.H4Si.Sr.6H/h;;;1H4;;;;;;;. The zero-order valence-corrected chi connectivity index (χ0v) is 1.46. The summed E-state index contributed by atoms with van der Waals surface area (Å²) in [5.41, 5.74) is 0. The van der Waals surface area contributed by atoms with Crippen LogP contribution in [0.15, 0.2) is 0 Å². The normalized spacial score (nSPS) is 0. The van der Waals surface area contributed by atoms with Gasteiger partial charge < -0.3 is 0 Å². The summed E-state index contributed by atoms with van der Waals surface area (Å²) in [7, 11) is 0. The molecule has 0 unspecified atom stereocenters. The summed E-state index contributed by atoms with van der Waals surface area (Å²) >= 11 is 0. The van der Waals surface area contributed by atoms with Gasteiger partial charge in [-0.2, -0.15) is 0 Å². The average Bonchev–Trinajstić information content (AvgIpc) is 0. The van der Waals surface area contributed by atoms with E-state index in [1.165, 1.54) is 0 Å². The summed E-state index contributed by atoms with van der Waals surface area (Å²) in [5, 5.41) is 0. The van der Waals surface area contributed by atoms with E-state index in [9.17, 15) is 0 Å². The third kappa shape index (κ3) is 17.6. The van der Waals surface area contributed by atoms with E-state index in [1.807, 2.05) is 0 Å². The van der Waals surface area contributed by atoms with Crippen LogP contribution in [0, 0.1) is 0 Å². The van der Waals surface area contributed by atoms with Gasteiger partial charge in [0.2, 0.25) is 0 Å². The fourth-order valence-electron chi connectivity index (χ4n) is 0. The molecule has 0 aromatic rings. The van der Waals surface area contributed by atoms with Crippen LogP contribution < -0.4 is 0 Å². The summed E-state index contributed by atoms with van der Waals surface area (Å²) in [6.07, 6.45) is 0. The van der Waals surface area contributed by atoms with Gasteiger partial charge in [-0.1, -0.05) is 0 Å². The van der Waals surface area contributed by atoms with Gasteiger partial charge in [0, 0.05) is 17.1 Å². The van der Waals surface area contributed by atoms with Gasteiger partial charge >= 0.3 is 132 Å². The van der Waals surface area contributed by atoms with Gasteiger partial charge in [-0.05, 0) is 11.0 Å². The Morgan fingerprint density at radius 3 is 1.00 bits per heavy atom. The molecule has 5 heavy (non-hydrogen) atoms. The SMILES string of the molecule is [BaH2].[CaH2].[Fe].[SiH4].[SrH2]. The molecule has 0 aliphatic carbocycles. The van der Waals surface area contributed by atoms with E-state index in [0.29, 0.717) is 0 Å². The summed E-state index contributed by atoms with van der Waals surface area (Å²) in [4.78, 5) is 0. The topological polar surface area (TPSA) is 0 Å².